The van der Waals surface area contributed by atoms with Crippen LogP contribution in [0.3, 0.4) is 0 Å². The molecule has 2 heterocycles. The third-order valence-electron chi connectivity index (χ3n) is 4.35. The van der Waals surface area contributed by atoms with Crippen molar-refractivity contribution >= 4 is 17.3 Å². The minimum absolute atomic E-state index is 0.485. The number of nitrogens with one attached hydrogen (secondary N) is 2. The van der Waals surface area contributed by atoms with Crippen molar-refractivity contribution in [2.75, 3.05) is 32.7 Å². The quantitative estimate of drug-likeness (QED) is 0.558. The second kappa shape index (κ2) is 9.99. The summed E-state index contributed by atoms with van der Waals surface area (Å²) in [5, 5.41) is 10.1. The van der Waals surface area contributed by atoms with Crippen LogP contribution in [-0.4, -0.2) is 48.6 Å². The second-order valence-corrected chi connectivity index (χ2v) is 7.79. The van der Waals surface area contributed by atoms with E-state index in [-0.39, 0.29) is 0 Å². The van der Waals surface area contributed by atoms with Gasteiger partial charge in [0.15, 0.2) is 5.96 Å². The maximum Gasteiger partial charge on any atom is 0.191 e. The summed E-state index contributed by atoms with van der Waals surface area (Å²) in [5.74, 6) is 2.12. The maximum atomic E-state index is 4.70. The van der Waals surface area contributed by atoms with Crippen LogP contribution in [0.4, 0.5) is 0 Å². The Labute approximate surface area is 151 Å². The number of rotatable bonds is 8. The number of guanidine groups is 1. The minimum Gasteiger partial charge on any atom is -0.357 e. The van der Waals surface area contributed by atoms with Crippen molar-refractivity contribution in [3.63, 3.8) is 0 Å². The van der Waals surface area contributed by atoms with Crippen LogP contribution in [0.5, 0.6) is 0 Å². The van der Waals surface area contributed by atoms with Crippen LogP contribution < -0.4 is 10.6 Å². The first-order chi connectivity index (χ1) is 11.6. The molecule has 1 atom stereocenters. The first-order valence-electron chi connectivity index (χ1n) is 9.31. The number of nitrogens with zero attached hydrogens (tertiary/aromatic N) is 3. The molecule has 1 aliphatic rings. The summed E-state index contributed by atoms with van der Waals surface area (Å²) in [6.45, 7) is 14.9. The minimum atomic E-state index is 0.485. The molecule has 1 aromatic rings. The highest BCUT2D eigenvalue weighted by Gasteiger charge is 2.21. The Balaban J connectivity index is 1.82. The SMILES string of the molecule is CCCN1CCC(CNC(=NCc2nc(C(C)C)cs2)NCC)C1. The third kappa shape index (κ3) is 6.06. The molecule has 0 saturated carbocycles. The summed E-state index contributed by atoms with van der Waals surface area (Å²) in [6, 6.07) is 0. The average Bonchev–Trinajstić information content (AvgIpc) is 3.20. The fourth-order valence-electron chi connectivity index (χ4n) is 2.99. The van der Waals surface area contributed by atoms with Gasteiger partial charge < -0.3 is 15.5 Å². The van der Waals surface area contributed by atoms with E-state index in [0.717, 1.165) is 30.0 Å². The zero-order valence-corrected chi connectivity index (χ0v) is 16.5. The Kier molecular flexibility index (Phi) is 7.99. The molecular weight excluding hydrogens is 318 g/mol. The second-order valence-electron chi connectivity index (χ2n) is 6.85. The van der Waals surface area contributed by atoms with Crippen molar-refractivity contribution in [2.24, 2.45) is 10.9 Å². The van der Waals surface area contributed by atoms with Gasteiger partial charge in [-0.25, -0.2) is 9.98 Å². The van der Waals surface area contributed by atoms with Crippen LogP contribution >= 0.6 is 11.3 Å². The first kappa shape index (κ1) is 19.2. The van der Waals surface area contributed by atoms with E-state index in [9.17, 15) is 0 Å². The van der Waals surface area contributed by atoms with Crippen molar-refractivity contribution in [3.8, 4) is 0 Å². The van der Waals surface area contributed by atoms with Gasteiger partial charge in [0.25, 0.3) is 0 Å². The fourth-order valence-corrected chi connectivity index (χ4v) is 3.87. The summed E-state index contributed by atoms with van der Waals surface area (Å²) < 4.78 is 0. The topological polar surface area (TPSA) is 52.5 Å². The standard InChI is InChI=1S/C18H33N5S/c1-5-8-23-9-7-15(12-23)10-20-18(19-6-2)21-11-17-22-16(13-24-17)14(3)4/h13-15H,5-12H2,1-4H3,(H2,19,20,21). The van der Waals surface area contributed by atoms with E-state index in [2.05, 4.69) is 53.6 Å². The smallest absolute Gasteiger partial charge is 0.191 e. The summed E-state index contributed by atoms with van der Waals surface area (Å²) in [6.07, 6.45) is 2.53. The summed E-state index contributed by atoms with van der Waals surface area (Å²) in [5.41, 5.74) is 1.17. The van der Waals surface area contributed by atoms with Gasteiger partial charge in [0.05, 0.1) is 12.2 Å². The molecular formula is C18H33N5S. The number of hydrogen-bond donors (Lipinski definition) is 2. The van der Waals surface area contributed by atoms with E-state index in [1.807, 2.05) is 0 Å². The lowest BCUT2D eigenvalue weighted by Crippen LogP contribution is -2.40. The van der Waals surface area contributed by atoms with Crippen molar-refractivity contribution in [1.82, 2.24) is 20.5 Å². The van der Waals surface area contributed by atoms with Gasteiger partial charge in [-0.15, -0.1) is 11.3 Å². The van der Waals surface area contributed by atoms with Crippen molar-refractivity contribution < 1.29 is 0 Å². The number of likely N-dealkylation sites (tertiary alicyclic amines) is 1. The zero-order chi connectivity index (χ0) is 17.4. The van der Waals surface area contributed by atoms with Gasteiger partial charge in [-0.05, 0) is 44.7 Å². The first-order valence-corrected chi connectivity index (χ1v) is 10.2. The third-order valence-corrected chi connectivity index (χ3v) is 5.20. The molecule has 1 aliphatic heterocycles. The molecule has 24 heavy (non-hydrogen) atoms. The average molecular weight is 352 g/mol. The highest BCUT2D eigenvalue weighted by atomic mass is 32.1. The molecule has 5 nitrogen and oxygen atoms in total. The molecule has 2 rings (SSSR count). The molecule has 2 N–H and O–H groups in total. The Bertz CT molecular complexity index is 511. The molecule has 136 valence electrons. The highest BCUT2D eigenvalue weighted by molar-refractivity contribution is 7.09. The lowest BCUT2D eigenvalue weighted by Gasteiger charge is -2.16. The van der Waals surface area contributed by atoms with E-state index in [1.54, 1.807) is 11.3 Å². The van der Waals surface area contributed by atoms with Gasteiger partial charge in [0.1, 0.15) is 5.01 Å². The number of hydrogen-bond acceptors (Lipinski definition) is 4. The van der Waals surface area contributed by atoms with Gasteiger partial charge in [-0.2, -0.15) is 0 Å². The van der Waals surface area contributed by atoms with Crippen LogP contribution in [0.2, 0.25) is 0 Å². The predicted octanol–water partition coefficient (Wildman–Crippen LogP) is 3.05. The van der Waals surface area contributed by atoms with Gasteiger partial charge in [0.2, 0.25) is 0 Å². The molecule has 6 heteroatoms. The number of aromatic nitrogens is 1. The van der Waals surface area contributed by atoms with E-state index in [4.69, 9.17) is 4.99 Å². The molecule has 0 spiro atoms. The Morgan fingerprint density at radius 1 is 1.42 bits per heavy atom. The van der Waals surface area contributed by atoms with Crippen molar-refractivity contribution in [2.45, 2.75) is 53.0 Å². The van der Waals surface area contributed by atoms with E-state index in [1.165, 1.54) is 38.2 Å². The maximum absolute atomic E-state index is 4.70. The van der Waals surface area contributed by atoms with Crippen LogP contribution in [0.25, 0.3) is 0 Å². The summed E-state index contributed by atoms with van der Waals surface area (Å²) in [4.78, 5) is 11.9. The molecule has 0 bridgehead atoms. The molecule has 0 aromatic carbocycles. The fraction of sp³-hybridized carbons (Fsp3) is 0.778. The van der Waals surface area contributed by atoms with E-state index >= 15 is 0 Å². The molecule has 1 fully saturated rings. The molecule has 0 amide bonds. The van der Waals surface area contributed by atoms with E-state index < -0.39 is 0 Å². The summed E-state index contributed by atoms with van der Waals surface area (Å²) >= 11 is 1.71. The monoisotopic (exact) mass is 351 g/mol. The lowest BCUT2D eigenvalue weighted by atomic mass is 10.1. The van der Waals surface area contributed by atoms with Gasteiger partial charge in [0, 0.05) is 25.0 Å². The van der Waals surface area contributed by atoms with Gasteiger partial charge in [-0.3, -0.25) is 0 Å². The zero-order valence-electron chi connectivity index (χ0n) is 15.6. The summed E-state index contributed by atoms with van der Waals surface area (Å²) in [7, 11) is 0. The van der Waals surface area contributed by atoms with Crippen LogP contribution in [-0.2, 0) is 6.54 Å². The number of aliphatic imine (C=N–C) groups is 1. The molecule has 1 aromatic heterocycles. The van der Waals surface area contributed by atoms with Gasteiger partial charge >= 0.3 is 0 Å². The van der Waals surface area contributed by atoms with Crippen LogP contribution in [0.1, 0.15) is 57.2 Å². The Morgan fingerprint density at radius 2 is 2.25 bits per heavy atom. The normalized spacial score (nSPS) is 19.2. The molecule has 1 saturated heterocycles. The number of thiazole rings is 1. The van der Waals surface area contributed by atoms with Crippen molar-refractivity contribution in [3.05, 3.63) is 16.1 Å². The van der Waals surface area contributed by atoms with Crippen LogP contribution in [0.15, 0.2) is 10.4 Å². The Morgan fingerprint density at radius 3 is 2.92 bits per heavy atom. The van der Waals surface area contributed by atoms with Crippen LogP contribution in [0, 0.1) is 5.92 Å². The van der Waals surface area contributed by atoms with E-state index in [0.29, 0.717) is 12.5 Å². The highest BCUT2D eigenvalue weighted by Crippen LogP contribution is 2.18. The molecule has 0 aliphatic carbocycles. The lowest BCUT2D eigenvalue weighted by molar-refractivity contribution is 0.324. The van der Waals surface area contributed by atoms with Crippen molar-refractivity contribution in [1.29, 1.82) is 0 Å². The predicted molar refractivity (Wildman–Crippen MR) is 104 cm³/mol. The molecule has 1 unspecified atom stereocenters. The van der Waals surface area contributed by atoms with Gasteiger partial charge in [-0.1, -0.05) is 20.8 Å². The largest absolute Gasteiger partial charge is 0.357 e. The molecule has 0 radical (unpaired) electrons. The Hall–Kier alpha value is -1.14.